The molecular formula is C21H23N3. The summed E-state index contributed by atoms with van der Waals surface area (Å²) in [5, 5.41) is 6.11. The van der Waals surface area contributed by atoms with Crippen LogP contribution in [0.3, 0.4) is 0 Å². The number of hydrogen-bond acceptors (Lipinski definition) is 3. The summed E-state index contributed by atoms with van der Waals surface area (Å²) < 4.78 is 0. The number of nitrogens with two attached hydrogens (primary N) is 1. The molecule has 0 spiro atoms. The number of fused-ring (bicyclic) bond motifs is 1. The van der Waals surface area contributed by atoms with Crippen molar-refractivity contribution in [2.75, 3.05) is 5.32 Å². The fraction of sp³-hybridized carbons (Fsp3) is 0.286. The summed E-state index contributed by atoms with van der Waals surface area (Å²) in [6.07, 6.45) is 8.43. The minimum absolute atomic E-state index is 0.385. The topological polar surface area (TPSA) is 50.9 Å². The average molecular weight is 317 g/mol. The van der Waals surface area contributed by atoms with Gasteiger partial charge in [0.2, 0.25) is 0 Å². The zero-order chi connectivity index (χ0) is 16.4. The minimum atomic E-state index is 0.385. The van der Waals surface area contributed by atoms with Crippen LogP contribution in [0, 0.1) is 0 Å². The largest absolute Gasteiger partial charge is 0.382 e. The Morgan fingerprint density at radius 1 is 0.917 bits per heavy atom. The van der Waals surface area contributed by atoms with Gasteiger partial charge >= 0.3 is 0 Å². The number of anilines is 1. The van der Waals surface area contributed by atoms with Gasteiger partial charge in [-0.1, -0.05) is 36.4 Å². The van der Waals surface area contributed by atoms with E-state index in [-0.39, 0.29) is 0 Å². The molecule has 1 fully saturated rings. The Morgan fingerprint density at radius 2 is 1.71 bits per heavy atom. The number of nitrogens with zero attached hydrogens (tertiary/aromatic N) is 1. The Balaban J connectivity index is 1.67. The highest BCUT2D eigenvalue weighted by Crippen LogP contribution is 2.30. The summed E-state index contributed by atoms with van der Waals surface area (Å²) in [6, 6.07) is 18.0. The molecule has 1 aliphatic carbocycles. The second-order valence-electron chi connectivity index (χ2n) is 6.75. The molecule has 122 valence electrons. The molecule has 0 unspecified atom stereocenters. The lowest BCUT2D eigenvalue weighted by Gasteiger charge is -2.27. The van der Waals surface area contributed by atoms with Crippen LogP contribution in [0.4, 0.5) is 5.69 Å². The predicted molar refractivity (Wildman–Crippen MR) is 101 cm³/mol. The van der Waals surface area contributed by atoms with Crippen LogP contribution in [0.1, 0.15) is 25.7 Å². The molecule has 0 atom stereocenters. The van der Waals surface area contributed by atoms with Crippen LogP contribution in [-0.2, 0) is 0 Å². The number of nitrogens with one attached hydrogen (secondary N) is 1. The standard InChI is InChI=1S/C21H23N3/c22-17-7-10-18(11-8-17)24-19-9-6-16-13-23-14-21(20(16)12-19)15-4-2-1-3-5-15/h1-6,9,12-14,17-18,24H,7-8,10-11,22H2/t17-,18-. The quantitative estimate of drug-likeness (QED) is 0.743. The molecule has 1 heterocycles. The molecule has 0 saturated heterocycles. The van der Waals surface area contributed by atoms with Crippen molar-refractivity contribution in [2.45, 2.75) is 37.8 Å². The lowest BCUT2D eigenvalue weighted by molar-refractivity contribution is 0.411. The van der Waals surface area contributed by atoms with Crippen LogP contribution < -0.4 is 11.1 Å². The maximum Gasteiger partial charge on any atom is 0.0352 e. The molecular weight excluding hydrogens is 294 g/mol. The monoisotopic (exact) mass is 317 g/mol. The van der Waals surface area contributed by atoms with Gasteiger partial charge in [0.25, 0.3) is 0 Å². The Labute approximate surface area is 142 Å². The first-order chi connectivity index (χ1) is 11.8. The van der Waals surface area contributed by atoms with E-state index in [2.05, 4.69) is 52.8 Å². The minimum Gasteiger partial charge on any atom is -0.382 e. The van der Waals surface area contributed by atoms with Gasteiger partial charge in [0, 0.05) is 41.1 Å². The fourth-order valence-electron chi connectivity index (χ4n) is 3.60. The van der Waals surface area contributed by atoms with Crippen LogP contribution in [0.25, 0.3) is 21.9 Å². The molecule has 3 nitrogen and oxygen atoms in total. The van der Waals surface area contributed by atoms with Crippen molar-refractivity contribution < 1.29 is 0 Å². The molecule has 0 bridgehead atoms. The fourth-order valence-corrected chi connectivity index (χ4v) is 3.60. The second-order valence-corrected chi connectivity index (χ2v) is 6.75. The van der Waals surface area contributed by atoms with Crippen molar-refractivity contribution in [3.63, 3.8) is 0 Å². The summed E-state index contributed by atoms with van der Waals surface area (Å²) in [6.45, 7) is 0. The SMILES string of the molecule is N[C@H]1CC[C@H](Nc2ccc3cncc(-c4ccccc4)c3c2)CC1. The molecule has 3 heteroatoms. The number of aromatic nitrogens is 1. The molecule has 0 amide bonds. The van der Waals surface area contributed by atoms with Crippen molar-refractivity contribution in [1.29, 1.82) is 0 Å². The van der Waals surface area contributed by atoms with Gasteiger partial charge in [-0.05, 0) is 48.8 Å². The van der Waals surface area contributed by atoms with E-state index in [1.54, 1.807) is 0 Å². The van der Waals surface area contributed by atoms with Gasteiger partial charge in [-0.15, -0.1) is 0 Å². The normalized spacial score (nSPS) is 20.9. The van der Waals surface area contributed by atoms with Gasteiger partial charge in [0.05, 0.1) is 0 Å². The van der Waals surface area contributed by atoms with Gasteiger partial charge in [-0.25, -0.2) is 0 Å². The van der Waals surface area contributed by atoms with E-state index in [1.807, 2.05) is 18.5 Å². The maximum absolute atomic E-state index is 6.01. The third kappa shape index (κ3) is 3.13. The summed E-state index contributed by atoms with van der Waals surface area (Å²) >= 11 is 0. The molecule has 1 aliphatic rings. The maximum atomic E-state index is 6.01. The Kier molecular flexibility index (Phi) is 4.18. The lowest BCUT2D eigenvalue weighted by Crippen LogP contribution is -2.32. The van der Waals surface area contributed by atoms with Crippen molar-refractivity contribution in [3.8, 4) is 11.1 Å². The predicted octanol–water partition coefficient (Wildman–Crippen LogP) is 4.58. The summed E-state index contributed by atoms with van der Waals surface area (Å²) in [4.78, 5) is 4.41. The van der Waals surface area contributed by atoms with Crippen LogP contribution in [0.15, 0.2) is 60.9 Å². The van der Waals surface area contributed by atoms with E-state index in [0.29, 0.717) is 12.1 Å². The third-order valence-corrected chi connectivity index (χ3v) is 4.99. The van der Waals surface area contributed by atoms with Gasteiger partial charge in [-0.2, -0.15) is 0 Å². The van der Waals surface area contributed by atoms with Crippen LogP contribution in [0.2, 0.25) is 0 Å². The van der Waals surface area contributed by atoms with Crippen LogP contribution in [0.5, 0.6) is 0 Å². The Bertz CT molecular complexity index is 821. The zero-order valence-electron chi connectivity index (χ0n) is 13.8. The molecule has 0 radical (unpaired) electrons. The second kappa shape index (κ2) is 6.62. The molecule has 0 aliphatic heterocycles. The Morgan fingerprint density at radius 3 is 2.50 bits per heavy atom. The van der Waals surface area contributed by atoms with Crippen molar-refractivity contribution in [2.24, 2.45) is 5.73 Å². The number of hydrogen-bond donors (Lipinski definition) is 2. The highest BCUT2D eigenvalue weighted by molar-refractivity contribution is 5.97. The van der Waals surface area contributed by atoms with Crippen LogP contribution >= 0.6 is 0 Å². The lowest BCUT2D eigenvalue weighted by atomic mass is 9.91. The van der Waals surface area contributed by atoms with Crippen molar-refractivity contribution in [3.05, 3.63) is 60.9 Å². The van der Waals surface area contributed by atoms with Gasteiger partial charge in [0.15, 0.2) is 0 Å². The molecule has 1 aromatic heterocycles. The van der Waals surface area contributed by atoms with E-state index < -0.39 is 0 Å². The Hall–Kier alpha value is -2.39. The number of benzene rings is 2. The molecule has 3 N–H and O–H groups in total. The summed E-state index contributed by atoms with van der Waals surface area (Å²) in [5.74, 6) is 0. The molecule has 2 aromatic carbocycles. The van der Waals surface area contributed by atoms with E-state index >= 15 is 0 Å². The molecule has 24 heavy (non-hydrogen) atoms. The number of rotatable bonds is 3. The van der Waals surface area contributed by atoms with Crippen molar-refractivity contribution >= 4 is 16.5 Å². The average Bonchev–Trinajstić information content (AvgIpc) is 2.64. The molecule has 4 rings (SSSR count). The zero-order valence-corrected chi connectivity index (χ0v) is 13.8. The van der Waals surface area contributed by atoms with E-state index in [0.717, 1.165) is 25.7 Å². The summed E-state index contributed by atoms with van der Waals surface area (Å²) in [7, 11) is 0. The highest BCUT2D eigenvalue weighted by Gasteiger charge is 2.18. The number of pyridine rings is 1. The van der Waals surface area contributed by atoms with E-state index in [1.165, 1.54) is 27.6 Å². The first-order valence-corrected chi connectivity index (χ1v) is 8.75. The molecule has 3 aromatic rings. The van der Waals surface area contributed by atoms with Crippen molar-refractivity contribution in [1.82, 2.24) is 4.98 Å². The highest BCUT2D eigenvalue weighted by atomic mass is 14.9. The van der Waals surface area contributed by atoms with Gasteiger partial charge < -0.3 is 11.1 Å². The van der Waals surface area contributed by atoms with Crippen LogP contribution in [-0.4, -0.2) is 17.1 Å². The first-order valence-electron chi connectivity index (χ1n) is 8.75. The van der Waals surface area contributed by atoms with E-state index in [4.69, 9.17) is 5.73 Å². The van der Waals surface area contributed by atoms with Gasteiger partial charge in [-0.3, -0.25) is 4.98 Å². The third-order valence-electron chi connectivity index (χ3n) is 4.99. The van der Waals surface area contributed by atoms with Gasteiger partial charge in [0.1, 0.15) is 0 Å². The summed E-state index contributed by atoms with van der Waals surface area (Å²) in [5.41, 5.74) is 9.59. The van der Waals surface area contributed by atoms with E-state index in [9.17, 15) is 0 Å². The first kappa shape index (κ1) is 15.2. The molecule has 1 saturated carbocycles. The smallest absolute Gasteiger partial charge is 0.0352 e.